The van der Waals surface area contributed by atoms with Gasteiger partial charge in [-0.3, -0.25) is 9.69 Å². The summed E-state index contributed by atoms with van der Waals surface area (Å²) in [5, 5.41) is 3.72. The van der Waals surface area contributed by atoms with Crippen LogP contribution in [0, 0.1) is 0 Å². The van der Waals surface area contributed by atoms with Crippen molar-refractivity contribution in [2.75, 3.05) is 13.1 Å². The summed E-state index contributed by atoms with van der Waals surface area (Å²) in [4.78, 5) is 27.2. The smallest absolute Gasteiger partial charge is 0.349 e. The zero-order valence-corrected chi connectivity index (χ0v) is 16.9. The van der Waals surface area contributed by atoms with Gasteiger partial charge in [-0.05, 0) is 42.7 Å². The molecule has 1 N–H and O–H groups in total. The number of fused-ring (bicyclic) bond motifs is 1. The van der Waals surface area contributed by atoms with Gasteiger partial charge < -0.3 is 9.73 Å². The van der Waals surface area contributed by atoms with E-state index in [0.717, 1.165) is 42.3 Å². The molecule has 1 aliphatic rings. The molecule has 0 radical (unpaired) electrons. The number of nitrogens with one attached hydrogen (secondary N) is 1. The molecule has 5 nitrogen and oxygen atoms in total. The highest BCUT2D eigenvalue weighted by molar-refractivity contribution is 9.10. The number of benzene rings is 2. The van der Waals surface area contributed by atoms with Gasteiger partial charge in [0.05, 0.1) is 0 Å². The first-order valence-electron chi connectivity index (χ1n) is 9.39. The molecule has 1 fully saturated rings. The molecule has 6 heteroatoms. The fraction of sp³-hybridized carbons (Fsp3) is 0.273. The van der Waals surface area contributed by atoms with E-state index < -0.39 is 5.63 Å². The Hall–Kier alpha value is -2.44. The first-order valence-corrected chi connectivity index (χ1v) is 10.2. The molecular formula is C22H21BrN2O3. The Morgan fingerprint density at radius 3 is 2.61 bits per heavy atom. The number of likely N-dealkylation sites (tertiary alicyclic amines) is 1. The number of amides is 1. The second-order valence-corrected chi connectivity index (χ2v) is 8.05. The Morgan fingerprint density at radius 2 is 1.86 bits per heavy atom. The van der Waals surface area contributed by atoms with Crippen molar-refractivity contribution in [3.63, 3.8) is 0 Å². The zero-order valence-electron chi connectivity index (χ0n) is 15.4. The van der Waals surface area contributed by atoms with Crippen molar-refractivity contribution in [3.8, 4) is 0 Å². The first kappa shape index (κ1) is 18.9. The summed E-state index contributed by atoms with van der Waals surface area (Å²) in [5.74, 6) is -0.364. The van der Waals surface area contributed by atoms with Gasteiger partial charge in [0.1, 0.15) is 11.1 Å². The van der Waals surface area contributed by atoms with E-state index in [0.29, 0.717) is 5.58 Å². The lowest BCUT2D eigenvalue weighted by molar-refractivity contribution is 0.0905. The third kappa shape index (κ3) is 4.34. The minimum atomic E-state index is -0.603. The Balaban J connectivity index is 1.39. The van der Waals surface area contributed by atoms with Gasteiger partial charge in [0.15, 0.2) is 0 Å². The van der Waals surface area contributed by atoms with Crippen molar-refractivity contribution >= 4 is 32.8 Å². The van der Waals surface area contributed by atoms with E-state index in [-0.39, 0.29) is 17.5 Å². The Labute approximate surface area is 171 Å². The maximum absolute atomic E-state index is 12.6. The lowest BCUT2D eigenvalue weighted by atomic mass is 10.0. The lowest BCUT2D eigenvalue weighted by Gasteiger charge is -2.32. The van der Waals surface area contributed by atoms with Crippen molar-refractivity contribution in [2.24, 2.45) is 0 Å². The van der Waals surface area contributed by atoms with Crippen molar-refractivity contribution in [1.29, 1.82) is 0 Å². The quantitative estimate of drug-likeness (QED) is 0.623. The fourth-order valence-corrected chi connectivity index (χ4v) is 3.97. The molecule has 1 aromatic heterocycles. The molecule has 2 heterocycles. The van der Waals surface area contributed by atoms with Crippen LogP contribution in [-0.4, -0.2) is 29.9 Å². The average molecular weight is 441 g/mol. The van der Waals surface area contributed by atoms with E-state index in [2.05, 4.69) is 50.4 Å². The van der Waals surface area contributed by atoms with Crippen LogP contribution in [0.15, 0.2) is 68.3 Å². The summed E-state index contributed by atoms with van der Waals surface area (Å²) in [7, 11) is 0. The highest BCUT2D eigenvalue weighted by Gasteiger charge is 2.23. The van der Waals surface area contributed by atoms with Crippen LogP contribution in [-0.2, 0) is 6.54 Å². The molecule has 0 aliphatic carbocycles. The van der Waals surface area contributed by atoms with Crippen molar-refractivity contribution < 1.29 is 9.21 Å². The van der Waals surface area contributed by atoms with Crippen LogP contribution in [0.5, 0.6) is 0 Å². The molecule has 0 unspecified atom stereocenters. The maximum Gasteiger partial charge on any atom is 0.349 e. The van der Waals surface area contributed by atoms with Gasteiger partial charge in [-0.25, -0.2) is 4.79 Å². The Bertz CT molecular complexity index is 1040. The summed E-state index contributed by atoms with van der Waals surface area (Å²) >= 11 is 3.40. The second-order valence-electron chi connectivity index (χ2n) is 7.14. The molecule has 0 bridgehead atoms. The number of carbonyl (C=O) groups excluding carboxylic acids is 1. The number of halogens is 1. The van der Waals surface area contributed by atoms with Gasteiger partial charge in [0.25, 0.3) is 5.91 Å². The second kappa shape index (κ2) is 8.29. The lowest BCUT2D eigenvalue weighted by Crippen LogP contribution is -2.45. The third-order valence-electron chi connectivity index (χ3n) is 5.11. The summed E-state index contributed by atoms with van der Waals surface area (Å²) in [6, 6.07) is 17.4. The zero-order chi connectivity index (χ0) is 19.5. The van der Waals surface area contributed by atoms with E-state index in [1.165, 1.54) is 5.56 Å². The third-order valence-corrected chi connectivity index (χ3v) is 5.60. The predicted molar refractivity (Wildman–Crippen MR) is 112 cm³/mol. The van der Waals surface area contributed by atoms with Crippen molar-refractivity contribution in [3.05, 3.63) is 80.6 Å². The number of hydrogen-bond donors (Lipinski definition) is 1. The molecule has 3 aromatic rings. The molecule has 2 aromatic carbocycles. The standard InChI is InChI=1S/C22H21BrN2O3/c23-17-6-7-20-16(12-17)13-19(22(27)28-20)21(26)24-18-8-10-25(11-9-18)14-15-4-2-1-3-5-15/h1-7,12-13,18H,8-11,14H2,(H,24,26). The van der Waals surface area contributed by atoms with Crippen LogP contribution in [0.2, 0.25) is 0 Å². The molecule has 0 saturated carbocycles. The maximum atomic E-state index is 12.6. The van der Waals surface area contributed by atoms with Crippen LogP contribution in [0.4, 0.5) is 0 Å². The van der Waals surface area contributed by atoms with E-state index >= 15 is 0 Å². The van der Waals surface area contributed by atoms with Crippen LogP contribution < -0.4 is 10.9 Å². The highest BCUT2D eigenvalue weighted by atomic mass is 79.9. The largest absolute Gasteiger partial charge is 0.422 e. The summed E-state index contributed by atoms with van der Waals surface area (Å²) in [6.45, 7) is 2.75. The van der Waals surface area contributed by atoms with Crippen molar-refractivity contribution in [2.45, 2.75) is 25.4 Å². The van der Waals surface area contributed by atoms with Crippen LogP contribution in [0.3, 0.4) is 0 Å². The van der Waals surface area contributed by atoms with Crippen LogP contribution in [0.25, 0.3) is 11.0 Å². The minimum Gasteiger partial charge on any atom is -0.422 e. The van der Waals surface area contributed by atoms with Gasteiger partial charge >= 0.3 is 5.63 Å². The number of rotatable bonds is 4. The van der Waals surface area contributed by atoms with Gasteiger partial charge in [-0.15, -0.1) is 0 Å². The van der Waals surface area contributed by atoms with Crippen LogP contribution >= 0.6 is 15.9 Å². The number of hydrogen-bond acceptors (Lipinski definition) is 4. The molecule has 0 spiro atoms. The van der Waals surface area contributed by atoms with E-state index in [1.807, 2.05) is 12.1 Å². The number of nitrogens with zero attached hydrogens (tertiary/aromatic N) is 1. The molecular weight excluding hydrogens is 420 g/mol. The van der Waals surface area contributed by atoms with Gasteiger partial charge in [0.2, 0.25) is 0 Å². The highest BCUT2D eigenvalue weighted by Crippen LogP contribution is 2.20. The van der Waals surface area contributed by atoms with Gasteiger partial charge in [0, 0.05) is 35.5 Å². The first-order chi connectivity index (χ1) is 13.6. The summed E-state index contributed by atoms with van der Waals surface area (Å²) in [6.07, 6.45) is 1.73. The monoisotopic (exact) mass is 440 g/mol. The van der Waals surface area contributed by atoms with E-state index in [4.69, 9.17) is 4.42 Å². The molecule has 1 amide bonds. The molecule has 144 valence electrons. The Morgan fingerprint density at radius 1 is 1.11 bits per heavy atom. The normalized spacial score (nSPS) is 15.6. The summed E-state index contributed by atoms with van der Waals surface area (Å²) in [5.41, 5.74) is 1.22. The molecule has 1 saturated heterocycles. The number of carbonyl (C=O) groups is 1. The van der Waals surface area contributed by atoms with Crippen molar-refractivity contribution in [1.82, 2.24) is 10.2 Å². The fourth-order valence-electron chi connectivity index (χ4n) is 3.59. The molecule has 1 aliphatic heterocycles. The Kier molecular flexibility index (Phi) is 5.59. The molecule has 0 atom stereocenters. The minimum absolute atomic E-state index is 0.0531. The van der Waals surface area contributed by atoms with Gasteiger partial charge in [-0.1, -0.05) is 46.3 Å². The number of piperidine rings is 1. The molecule has 28 heavy (non-hydrogen) atoms. The topological polar surface area (TPSA) is 62.6 Å². The summed E-state index contributed by atoms with van der Waals surface area (Å²) < 4.78 is 6.16. The molecule has 4 rings (SSSR count). The average Bonchev–Trinajstić information content (AvgIpc) is 2.70. The van der Waals surface area contributed by atoms with E-state index in [9.17, 15) is 9.59 Å². The SMILES string of the molecule is O=C(NC1CCN(Cc2ccccc2)CC1)c1cc2cc(Br)ccc2oc1=O. The van der Waals surface area contributed by atoms with Crippen LogP contribution in [0.1, 0.15) is 28.8 Å². The van der Waals surface area contributed by atoms with E-state index in [1.54, 1.807) is 18.2 Å². The predicted octanol–water partition coefficient (Wildman–Crippen LogP) is 3.95. The van der Waals surface area contributed by atoms with Gasteiger partial charge in [-0.2, -0.15) is 0 Å².